The summed E-state index contributed by atoms with van der Waals surface area (Å²) >= 11 is 1.63. The summed E-state index contributed by atoms with van der Waals surface area (Å²) in [5.41, 5.74) is 3.80. The number of carbonyl (C=O) groups is 2. The predicted molar refractivity (Wildman–Crippen MR) is 98.7 cm³/mol. The zero-order valence-corrected chi connectivity index (χ0v) is 14.5. The average Bonchev–Trinajstić information content (AvgIpc) is 3.20. The normalized spacial score (nSPS) is 10.3. The van der Waals surface area contributed by atoms with Crippen molar-refractivity contribution in [2.24, 2.45) is 0 Å². The Morgan fingerprint density at radius 2 is 1.72 bits per heavy atom. The molecule has 4 nitrogen and oxygen atoms in total. The maximum atomic E-state index is 12.5. The first-order valence-corrected chi connectivity index (χ1v) is 8.71. The van der Waals surface area contributed by atoms with E-state index in [1.165, 1.54) is 7.11 Å². The molecule has 1 N–H and O–H groups in total. The van der Waals surface area contributed by atoms with Gasteiger partial charge in [0.1, 0.15) is 0 Å². The number of amides is 1. The second-order valence-electron chi connectivity index (χ2n) is 5.39. The molecule has 3 aromatic rings. The Balaban J connectivity index is 1.80. The van der Waals surface area contributed by atoms with E-state index in [4.69, 9.17) is 4.74 Å². The number of hydrogen-bond acceptors (Lipinski definition) is 4. The van der Waals surface area contributed by atoms with Crippen LogP contribution in [-0.2, 0) is 11.3 Å². The van der Waals surface area contributed by atoms with Gasteiger partial charge in [0, 0.05) is 6.54 Å². The molecule has 0 fully saturated rings. The molecular formula is C20H17NO3S. The molecule has 5 heteroatoms. The topological polar surface area (TPSA) is 55.4 Å². The van der Waals surface area contributed by atoms with Crippen LogP contribution in [0.4, 0.5) is 0 Å². The number of benzene rings is 2. The summed E-state index contributed by atoms with van der Waals surface area (Å²) in [6, 6.07) is 16.6. The van der Waals surface area contributed by atoms with Crippen LogP contribution < -0.4 is 5.32 Å². The summed E-state index contributed by atoms with van der Waals surface area (Å²) in [5.74, 6) is -0.828. The number of thiophene rings is 1. The number of hydrogen-bond donors (Lipinski definition) is 1. The molecule has 0 aliphatic carbocycles. The van der Waals surface area contributed by atoms with Crippen molar-refractivity contribution >= 4 is 23.2 Å². The van der Waals surface area contributed by atoms with Crippen molar-refractivity contribution in [1.29, 1.82) is 0 Å². The minimum absolute atomic E-state index is 0.258. The van der Waals surface area contributed by atoms with Gasteiger partial charge in [-0.05, 0) is 45.6 Å². The van der Waals surface area contributed by atoms with Crippen LogP contribution in [0.2, 0.25) is 0 Å². The van der Waals surface area contributed by atoms with Gasteiger partial charge >= 0.3 is 5.97 Å². The molecule has 0 spiro atoms. The third-order valence-corrected chi connectivity index (χ3v) is 4.55. The van der Waals surface area contributed by atoms with E-state index >= 15 is 0 Å². The second-order valence-corrected chi connectivity index (χ2v) is 6.17. The summed E-state index contributed by atoms with van der Waals surface area (Å²) in [4.78, 5) is 24.4. The monoisotopic (exact) mass is 351 g/mol. The fourth-order valence-corrected chi connectivity index (χ4v) is 3.27. The number of methoxy groups -OCH3 is 1. The molecule has 0 radical (unpaired) electrons. The minimum atomic E-state index is -0.524. The van der Waals surface area contributed by atoms with E-state index < -0.39 is 5.97 Å². The van der Waals surface area contributed by atoms with Crippen LogP contribution >= 0.6 is 11.3 Å². The molecule has 0 unspecified atom stereocenters. The minimum Gasteiger partial charge on any atom is -0.465 e. The molecule has 2 aromatic carbocycles. The fourth-order valence-electron chi connectivity index (χ4n) is 2.61. The second kappa shape index (κ2) is 7.77. The van der Waals surface area contributed by atoms with Crippen molar-refractivity contribution in [2.75, 3.05) is 7.11 Å². The van der Waals surface area contributed by atoms with Gasteiger partial charge in [0.2, 0.25) is 0 Å². The van der Waals surface area contributed by atoms with Crippen molar-refractivity contribution < 1.29 is 14.3 Å². The SMILES string of the molecule is COC(=O)c1ccccc1C(=O)NCc1ccccc1-c1ccsc1. The van der Waals surface area contributed by atoms with Gasteiger partial charge in [-0.15, -0.1) is 0 Å². The molecule has 0 bridgehead atoms. The molecule has 0 atom stereocenters. The van der Waals surface area contributed by atoms with E-state index in [0.29, 0.717) is 12.1 Å². The standard InChI is InChI=1S/C20H17NO3S/c1-24-20(23)18-9-5-4-8-17(18)19(22)21-12-14-6-2-3-7-16(14)15-10-11-25-13-15/h2-11,13H,12H2,1H3,(H,21,22). The highest BCUT2D eigenvalue weighted by molar-refractivity contribution is 7.08. The number of carbonyl (C=O) groups excluding carboxylic acids is 2. The Kier molecular flexibility index (Phi) is 5.26. The predicted octanol–water partition coefficient (Wildman–Crippen LogP) is 4.13. The lowest BCUT2D eigenvalue weighted by molar-refractivity contribution is 0.0596. The molecule has 1 amide bonds. The lowest BCUT2D eigenvalue weighted by Crippen LogP contribution is -2.25. The maximum absolute atomic E-state index is 12.5. The number of esters is 1. The van der Waals surface area contributed by atoms with Crippen LogP contribution in [0.15, 0.2) is 65.4 Å². The number of ether oxygens (including phenoxy) is 1. The smallest absolute Gasteiger partial charge is 0.338 e. The third-order valence-electron chi connectivity index (χ3n) is 3.87. The van der Waals surface area contributed by atoms with E-state index in [1.54, 1.807) is 35.6 Å². The molecule has 126 valence electrons. The average molecular weight is 351 g/mol. The highest BCUT2D eigenvalue weighted by Crippen LogP contribution is 2.25. The largest absolute Gasteiger partial charge is 0.465 e. The van der Waals surface area contributed by atoms with Crippen molar-refractivity contribution in [3.8, 4) is 11.1 Å². The Hall–Kier alpha value is -2.92. The maximum Gasteiger partial charge on any atom is 0.338 e. The van der Waals surface area contributed by atoms with Crippen LogP contribution in [0.3, 0.4) is 0 Å². The molecule has 25 heavy (non-hydrogen) atoms. The van der Waals surface area contributed by atoms with Gasteiger partial charge in [-0.2, -0.15) is 11.3 Å². The first-order chi connectivity index (χ1) is 12.2. The van der Waals surface area contributed by atoms with Crippen molar-refractivity contribution in [1.82, 2.24) is 5.32 Å². The van der Waals surface area contributed by atoms with E-state index in [-0.39, 0.29) is 11.5 Å². The van der Waals surface area contributed by atoms with E-state index in [2.05, 4.69) is 16.8 Å². The lowest BCUT2D eigenvalue weighted by Gasteiger charge is -2.11. The van der Waals surface area contributed by atoms with Crippen LogP contribution in [0.1, 0.15) is 26.3 Å². The summed E-state index contributed by atoms with van der Waals surface area (Å²) < 4.78 is 4.74. The zero-order valence-electron chi connectivity index (χ0n) is 13.7. The van der Waals surface area contributed by atoms with Gasteiger partial charge < -0.3 is 10.1 Å². The molecule has 1 heterocycles. The van der Waals surface area contributed by atoms with Crippen LogP contribution in [-0.4, -0.2) is 19.0 Å². The molecule has 0 aliphatic heterocycles. The number of nitrogens with one attached hydrogen (secondary N) is 1. The quantitative estimate of drug-likeness (QED) is 0.703. The van der Waals surface area contributed by atoms with E-state index in [0.717, 1.165) is 16.7 Å². The molecule has 0 aliphatic rings. The molecule has 0 saturated carbocycles. The Morgan fingerprint density at radius 1 is 1.00 bits per heavy atom. The summed E-state index contributed by atoms with van der Waals surface area (Å²) in [7, 11) is 1.30. The molecule has 0 saturated heterocycles. The lowest BCUT2D eigenvalue weighted by atomic mass is 10.0. The van der Waals surface area contributed by atoms with Crippen molar-refractivity contribution in [3.05, 3.63) is 82.0 Å². The van der Waals surface area contributed by atoms with Gasteiger partial charge in [-0.1, -0.05) is 36.4 Å². The number of rotatable bonds is 5. The Bertz CT molecular complexity index is 887. The van der Waals surface area contributed by atoms with E-state index in [9.17, 15) is 9.59 Å². The first kappa shape index (κ1) is 16.9. The van der Waals surface area contributed by atoms with Crippen LogP contribution in [0.25, 0.3) is 11.1 Å². The van der Waals surface area contributed by atoms with Gasteiger partial charge in [0.15, 0.2) is 0 Å². The summed E-state index contributed by atoms with van der Waals surface area (Å²) in [6.45, 7) is 0.375. The van der Waals surface area contributed by atoms with Crippen molar-refractivity contribution in [2.45, 2.75) is 6.54 Å². The van der Waals surface area contributed by atoms with Crippen LogP contribution in [0.5, 0.6) is 0 Å². The van der Waals surface area contributed by atoms with Gasteiger partial charge in [0.05, 0.1) is 18.2 Å². The van der Waals surface area contributed by atoms with Gasteiger partial charge in [-0.25, -0.2) is 4.79 Å². The summed E-state index contributed by atoms with van der Waals surface area (Å²) in [6.07, 6.45) is 0. The molecule has 1 aromatic heterocycles. The third kappa shape index (κ3) is 3.78. The fraction of sp³-hybridized carbons (Fsp3) is 0.100. The highest BCUT2D eigenvalue weighted by Gasteiger charge is 2.17. The van der Waals surface area contributed by atoms with Crippen molar-refractivity contribution in [3.63, 3.8) is 0 Å². The van der Waals surface area contributed by atoms with Crippen LogP contribution in [0, 0.1) is 0 Å². The molecule has 3 rings (SSSR count). The first-order valence-electron chi connectivity index (χ1n) is 7.76. The summed E-state index contributed by atoms with van der Waals surface area (Å²) in [5, 5.41) is 7.00. The van der Waals surface area contributed by atoms with Gasteiger partial charge in [-0.3, -0.25) is 4.79 Å². The van der Waals surface area contributed by atoms with Gasteiger partial charge in [0.25, 0.3) is 5.91 Å². The van der Waals surface area contributed by atoms with E-state index in [1.807, 2.05) is 29.6 Å². The highest BCUT2D eigenvalue weighted by atomic mass is 32.1. The zero-order chi connectivity index (χ0) is 17.6. The molecular weight excluding hydrogens is 334 g/mol. The Morgan fingerprint density at radius 3 is 2.44 bits per heavy atom. The Labute approximate surface area is 150 Å².